The van der Waals surface area contributed by atoms with Crippen molar-refractivity contribution in [3.63, 3.8) is 0 Å². The number of pyridine rings is 1. The first-order valence-electron chi connectivity index (χ1n) is 11.4. The van der Waals surface area contributed by atoms with E-state index in [0.717, 1.165) is 44.6 Å². The summed E-state index contributed by atoms with van der Waals surface area (Å²) in [6, 6.07) is 12.5. The largest absolute Gasteiger partial charge is 0.390 e. The van der Waals surface area contributed by atoms with Crippen molar-refractivity contribution in [2.24, 2.45) is 0 Å². The molecule has 0 saturated heterocycles. The lowest BCUT2D eigenvalue weighted by molar-refractivity contribution is 0.0868. The van der Waals surface area contributed by atoms with Crippen molar-refractivity contribution in [2.45, 2.75) is 52.2 Å². The van der Waals surface area contributed by atoms with Gasteiger partial charge in [0.05, 0.1) is 17.2 Å². The molecule has 4 nitrogen and oxygen atoms in total. The third-order valence-electron chi connectivity index (χ3n) is 6.88. The van der Waals surface area contributed by atoms with Gasteiger partial charge < -0.3 is 15.4 Å². The summed E-state index contributed by atoms with van der Waals surface area (Å²) in [5.41, 5.74) is 9.22. The number of hydrogen-bond donors (Lipinski definition) is 3. The molecular formula is C29H29N3O. The first kappa shape index (κ1) is 21.3. The molecule has 0 saturated carbocycles. The molecule has 3 heterocycles. The molecule has 1 aliphatic rings. The lowest BCUT2D eigenvalue weighted by atomic mass is 9.75. The second kappa shape index (κ2) is 7.79. The summed E-state index contributed by atoms with van der Waals surface area (Å²) in [6.07, 6.45) is 5.05. The van der Waals surface area contributed by atoms with Gasteiger partial charge in [0, 0.05) is 57.8 Å². The number of benzene rings is 2. The van der Waals surface area contributed by atoms with Crippen molar-refractivity contribution in [3.8, 4) is 23.0 Å². The molecule has 0 amide bonds. The molecule has 3 N–H and O–H groups in total. The minimum atomic E-state index is -0.540. The molecule has 1 aliphatic heterocycles. The Bertz CT molecular complexity index is 1420. The fourth-order valence-electron chi connectivity index (χ4n) is 5.08. The second-order valence-corrected chi connectivity index (χ2v) is 9.68. The Morgan fingerprint density at radius 2 is 1.85 bits per heavy atom. The van der Waals surface area contributed by atoms with E-state index in [-0.39, 0.29) is 5.92 Å². The topological polar surface area (TPSA) is 60.9 Å². The van der Waals surface area contributed by atoms with Crippen LogP contribution in [0.5, 0.6) is 0 Å². The van der Waals surface area contributed by atoms with Crippen molar-refractivity contribution < 1.29 is 5.11 Å². The van der Waals surface area contributed by atoms with Crippen molar-refractivity contribution in [3.05, 3.63) is 82.8 Å². The summed E-state index contributed by atoms with van der Waals surface area (Å²) in [6.45, 7) is 10.5. The number of aromatic nitrogens is 2. The third-order valence-corrected chi connectivity index (χ3v) is 6.88. The van der Waals surface area contributed by atoms with Gasteiger partial charge in [0.1, 0.15) is 0 Å². The number of para-hydroxylation sites is 1. The maximum atomic E-state index is 11.2. The number of nitrogens with zero attached hydrogens (tertiary/aromatic N) is 1. The highest BCUT2D eigenvalue weighted by Crippen LogP contribution is 2.46. The Morgan fingerprint density at radius 3 is 2.61 bits per heavy atom. The second-order valence-electron chi connectivity index (χ2n) is 9.68. The monoisotopic (exact) mass is 435 g/mol. The van der Waals surface area contributed by atoms with Crippen molar-refractivity contribution in [2.75, 3.05) is 5.32 Å². The third kappa shape index (κ3) is 3.50. The lowest BCUT2D eigenvalue weighted by Gasteiger charge is -2.43. The van der Waals surface area contributed by atoms with Crippen molar-refractivity contribution in [1.82, 2.24) is 9.97 Å². The predicted molar refractivity (Wildman–Crippen MR) is 136 cm³/mol. The smallest absolute Gasteiger partial charge is 0.0831 e. The number of fused-ring (bicyclic) bond motifs is 2. The summed E-state index contributed by atoms with van der Waals surface area (Å²) in [5.74, 6) is 6.72. The standard InChI is InChI=1S/C29H29N3O/c1-17-14-24(23-10-6-9-21-18(2)15-31-27(21)23)22(12-11-20-8-7-13-30-16-20)25-19(3)28(33)29(4,5)32-26(17)25/h6-10,13-16,19,28,31-33H,1-5H3/t19-,28+/m0/s1. The molecule has 5 rings (SSSR count). The molecule has 2 aromatic heterocycles. The lowest BCUT2D eigenvalue weighted by Crippen LogP contribution is -2.50. The van der Waals surface area contributed by atoms with E-state index in [9.17, 15) is 5.11 Å². The highest BCUT2D eigenvalue weighted by molar-refractivity contribution is 5.98. The zero-order valence-corrected chi connectivity index (χ0v) is 19.7. The van der Waals surface area contributed by atoms with E-state index in [1.54, 1.807) is 12.4 Å². The van der Waals surface area contributed by atoms with E-state index in [1.807, 2.05) is 26.0 Å². The molecule has 0 unspecified atom stereocenters. The van der Waals surface area contributed by atoms with Gasteiger partial charge in [0.25, 0.3) is 0 Å². The Kier molecular flexibility index (Phi) is 5.03. The van der Waals surface area contributed by atoms with E-state index < -0.39 is 11.6 Å². The van der Waals surface area contributed by atoms with E-state index >= 15 is 0 Å². The maximum absolute atomic E-state index is 11.2. The molecule has 4 heteroatoms. The molecule has 2 atom stereocenters. The Balaban J connectivity index is 1.83. The van der Waals surface area contributed by atoms with Crippen LogP contribution in [0.1, 0.15) is 54.5 Å². The van der Waals surface area contributed by atoms with Crippen LogP contribution in [0.4, 0.5) is 5.69 Å². The number of aromatic amines is 1. The predicted octanol–water partition coefficient (Wildman–Crippen LogP) is 5.92. The average molecular weight is 436 g/mol. The van der Waals surface area contributed by atoms with Gasteiger partial charge >= 0.3 is 0 Å². The summed E-state index contributed by atoms with van der Waals surface area (Å²) >= 11 is 0. The van der Waals surface area contributed by atoms with Crippen LogP contribution in [0, 0.1) is 25.7 Å². The number of H-pyrrole nitrogens is 1. The molecule has 166 valence electrons. The normalized spacial score (nSPS) is 18.8. The van der Waals surface area contributed by atoms with Crippen LogP contribution in [0.15, 0.2) is 55.0 Å². The number of nitrogens with one attached hydrogen (secondary N) is 2. The summed E-state index contributed by atoms with van der Waals surface area (Å²) in [7, 11) is 0. The van der Waals surface area contributed by atoms with E-state index in [1.165, 1.54) is 10.9 Å². The molecule has 2 aromatic carbocycles. The highest BCUT2D eigenvalue weighted by atomic mass is 16.3. The minimum absolute atomic E-state index is 0.0716. The fraction of sp³-hybridized carbons (Fsp3) is 0.276. The quantitative estimate of drug-likeness (QED) is 0.326. The first-order chi connectivity index (χ1) is 15.8. The van der Waals surface area contributed by atoms with Gasteiger partial charge in [-0.3, -0.25) is 4.98 Å². The molecule has 0 fully saturated rings. The van der Waals surface area contributed by atoms with Crippen LogP contribution in [0.25, 0.3) is 22.0 Å². The Hall–Kier alpha value is -3.55. The Morgan fingerprint density at radius 1 is 1.03 bits per heavy atom. The van der Waals surface area contributed by atoms with Gasteiger partial charge in [0.2, 0.25) is 0 Å². The van der Waals surface area contributed by atoms with Gasteiger partial charge in [-0.05, 0) is 62.6 Å². The number of hydrogen-bond acceptors (Lipinski definition) is 3. The minimum Gasteiger partial charge on any atom is -0.390 e. The number of aryl methyl sites for hydroxylation is 2. The van der Waals surface area contributed by atoms with Crippen LogP contribution >= 0.6 is 0 Å². The van der Waals surface area contributed by atoms with E-state index in [2.05, 4.69) is 78.4 Å². The van der Waals surface area contributed by atoms with Crippen LogP contribution in [0.2, 0.25) is 0 Å². The van der Waals surface area contributed by atoms with Gasteiger partial charge in [-0.2, -0.15) is 0 Å². The molecule has 33 heavy (non-hydrogen) atoms. The first-order valence-corrected chi connectivity index (χ1v) is 11.4. The van der Waals surface area contributed by atoms with Gasteiger partial charge in [-0.15, -0.1) is 0 Å². The number of aliphatic hydroxyl groups is 1. The highest BCUT2D eigenvalue weighted by Gasteiger charge is 2.40. The molecule has 4 aromatic rings. The fourth-order valence-corrected chi connectivity index (χ4v) is 5.08. The number of anilines is 1. The van der Waals surface area contributed by atoms with Crippen LogP contribution in [-0.4, -0.2) is 26.7 Å². The summed E-state index contributed by atoms with van der Waals surface area (Å²) in [5, 5.41) is 16.0. The van der Waals surface area contributed by atoms with Crippen LogP contribution in [-0.2, 0) is 0 Å². The number of aliphatic hydroxyl groups excluding tert-OH is 1. The van der Waals surface area contributed by atoms with Crippen LogP contribution < -0.4 is 5.32 Å². The molecular weight excluding hydrogens is 406 g/mol. The summed E-state index contributed by atoms with van der Waals surface area (Å²) < 4.78 is 0. The average Bonchev–Trinajstić information content (AvgIpc) is 3.19. The van der Waals surface area contributed by atoms with Gasteiger partial charge in [0.15, 0.2) is 0 Å². The van der Waals surface area contributed by atoms with E-state index in [0.29, 0.717) is 0 Å². The zero-order chi connectivity index (χ0) is 23.3. The maximum Gasteiger partial charge on any atom is 0.0831 e. The zero-order valence-electron chi connectivity index (χ0n) is 19.7. The Labute approximate surface area is 195 Å². The molecule has 0 aliphatic carbocycles. The molecule has 0 spiro atoms. The van der Waals surface area contributed by atoms with Crippen molar-refractivity contribution >= 4 is 16.6 Å². The molecule has 0 bridgehead atoms. The summed E-state index contributed by atoms with van der Waals surface area (Å²) in [4.78, 5) is 7.67. The SMILES string of the molecule is Cc1cc(-c2cccc3c(C)c[nH]c23)c(C#Cc2cccnc2)c2c1NC(C)(C)[C@H](O)[C@H]2C. The van der Waals surface area contributed by atoms with E-state index in [4.69, 9.17) is 0 Å². The van der Waals surface area contributed by atoms with Crippen molar-refractivity contribution in [1.29, 1.82) is 0 Å². The number of rotatable bonds is 1. The van der Waals surface area contributed by atoms with Gasteiger partial charge in [-0.1, -0.05) is 37.0 Å². The van der Waals surface area contributed by atoms with Crippen LogP contribution in [0.3, 0.4) is 0 Å². The van der Waals surface area contributed by atoms with Gasteiger partial charge in [-0.25, -0.2) is 0 Å². The molecule has 0 radical (unpaired) electrons.